The first-order chi connectivity index (χ1) is 9.11. The van der Waals surface area contributed by atoms with Crippen LogP contribution in [0.25, 0.3) is 0 Å². The van der Waals surface area contributed by atoms with E-state index in [9.17, 15) is 9.90 Å². The molecule has 1 aliphatic heterocycles. The van der Waals surface area contributed by atoms with E-state index in [0.29, 0.717) is 0 Å². The monoisotopic (exact) mass is 262 g/mol. The predicted molar refractivity (Wildman–Crippen MR) is 76.1 cm³/mol. The molecule has 1 aromatic carbocycles. The minimum absolute atomic E-state index is 0.151. The van der Waals surface area contributed by atoms with E-state index in [1.54, 1.807) is 14.0 Å². The Morgan fingerprint density at radius 2 is 1.89 bits per heavy atom. The van der Waals surface area contributed by atoms with E-state index in [2.05, 4.69) is 10.2 Å². The quantitative estimate of drug-likeness (QED) is 0.872. The van der Waals surface area contributed by atoms with Gasteiger partial charge in [0.25, 0.3) is 0 Å². The Kier molecular flexibility index (Phi) is 4.43. The number of carbonyl (C=O) groups excluding carboxylic acids is 1. The highest BCUT2D eigenvalue weighted by Crippen LogP contribution is 2.24. The zero-order valence-corrected chi connectivity index (χ0v) is 11.6. The van der Waals surface area contributed by atoms with Gasteiger partial charge in [-0.15, -0.1) is 0 Å². The first-order valence-corrected chi connectivity index (χ1v) is 6.86. The summed E-state index contributed by atoms with van der Waals surface area (Å²) in [6, 6.07) is 8.01. The molecule has 1 aliphatic rings. The largest absolute Gasteiger partial charge is 0.389 e. The van der Waals surface area contributed by atoms with Gasteiger partial charge < -0.3 is 15.3 Å². The summed E-state index contributed by atoms with van der Waals surface area (Å²) in [5.41, 5.74) is 2.10. The molecule has 1 saturated heterocycles. The number of piperidine rings is 1. The Hall–Kier alpha value is -1.55. The molecule has 0 spiro atoms. The Bertz CT molecular complexity index is 420. The molecule has 4 nitrogen and oxygen atoms in total. The van der Waals surface area contributed by atoms with Crippen LogP contribution < -0.4 is 10.2 Å². The fraction of sp³-hybridized carbons (Fsp3) is 0.533. The minimum Gasteiger partial charge on any atom is -0.389 e. The Balaban J connectivity index is 1.96. The summed E-state index contributed by atoms with van der Waals surface area (Å²) in [7, 11) is 1.70. The van der Waals surface area contributed by atoms with Gasteiger partial charge in [-0.05, 0) is 37.5 Å². The molecule has 0 aromatic heterocycles. The first kappa shape index (κ1) is 13.9. The predicted octanol–water partition coefficient (Wildman–Crippen LogP) is 1.70. The molecular weight excluding hydrogens is 240 g/mol. The number of nitrogens with one attached hydrogen (secondary N) is 1. The summed E-state index contributed by atoms with van der Waals surface area (Å²) in [6.07, 6.45) is 1.38. The second-order valence-corrected chi connectivity index (χ2v) is 5.14. The molecule has 2 rings (SSSR count). The van der Waals surface area contributed by atoms with E-state index in [1.165, 1.54) is 5.69 Å². The van der Waals surface area contributed by atoms with Crippen LogP contribution in [0.3, 0.4) is 0 Å². The summed E-state index contributed by atoms with van der Waals surface area (Å²) in [5, 5.41) is 12.2. The van der Waals surface area contributed by atoms with Crippen LogP contribution in [-0.4, -0.2) is 31.2 Å². The van der Waals surface area contributed by atoms with Crippen molar-refractivity contribution < 1.29 is 9.90 Å². The van der Waals surface area contributed by atoms with Gasteiger partial charge in [-0.25, -0.2) is 0 Å². The fourth-order valence-electron chi connectivity index (χ4n) is 2.57. The van der Waals surface area contributed by atoms with Crippen LogP contribution in [0.5, 0.6) is 0 Å². The molecule has 0 unspecified atom stereocenters. The molecule has 0 saturated carbocycles. The SMILES string of the molecule is CNC(=O)C1CCN(c2ccc([C@@H](C)O)cc2)CC1. The lowest BCUT2D eigenvalue weighted by Crippen LogP contribution is -2.39. The average Bonchev–Trinajstić information content (AvgIpc) is 2.46. The lowest BCUT2D eigenvalue weighted by Gasteiger charge is -2.33. The maximum Gasteiger partial charge on any atom is 0.222 e. The van der Waals surface area contributed by atoms with Crippen LogP contribution in [0.4, 0.5) is 5.69 Å². The molecule has 1 aromatic rings. The van der Waals surface area contributed by atoms with Crippen molar-refractivity contribution in [3.63, 3.8) is 0 Å². The molecule has 0 aliphatic carbocycles. The van der Waals surface area contributed by atoms with Gasteiger partial charge in [0.1, 0.15) is 0 Å². The van der Waals surface area contributed by atoms with E-state index >= 15 is 0 Å². The molecule has 2 N–H and O–H groups in total. The topological polar surface area (TPSA) is 52.6 Å². The van der Waals surface area contributed by atoms with Gasteiger partial charge in [0, 0.05) is 31.7 Å². The van der Waals surface area contributed by atoms with E-state index < -0.39 is 6.10 Å². The zero-order chi connectivity index (χ0) is 13.8. The number of nitrogens with zero attached hydrogens (tertiary/aromatic N) is 1. The molecule has 0 radical (unpaired) electrons. The molecule has 1 heterocycles. The maximum absolute atomic E-state index is 11.6. The highest BCUT2D eigenvalue weighted by Gasteiger charge is 2.24. The maximum atomic E-state index is 11.6. The van der Waals surface area contributed by atoms with Gasteiger partial charge in [-0.2, -0.15) is 0 Å². The van der Waals surface area contributed by atoms with E-state index in [-0.39, 0.29) is 11.8 Å². The number of aliphatic hydroxyl groups excluding tert-OH is 1. The lowest BCUT2D eigenvalue weighted by atomic mass is 9.95. The van der Waals surface area contributed by atoms with Gasteiger partial charge >= 0.3 is 0 Å². The third-order valence-corrected chi connectivity index (χ3v) is 3.85. The van der Waals surface area contributed by atoms with Crippen LogP contribution in [0.2, 0.25) is 0 Å². The number of amides is 1. The zero-order valence-electron chi connectivity index (χ0n) is 11.6. The van der Waals surface area contributed by atoms with Crippen molar-refractivity contribution in [2.75, 3.05) is 25.0 Å². The van der Waals surface area contributed by atoms with Gasteiger partial charge in [-0.1, -0.05) is 12.1 Å². The molecule has 1 amide bonds. The van der Waals surface area contributed by atoms with Crippen molar-refractivity contribution in [3.8, 4) is 0 Å². The second kappa shape index (κ2) is 6.06. The third-order valence-electron chi connectivity index (χ3n) is 3.85. The van der Waals surface area contributed by atoms with Gasteiger partial charge in [0.05, 0.1) is 6.10 Å². The number of aliphatic hydroxyl groups is 1. The second-order valence-electron chi connectivity index (χ2n) is 5.14. The van der Waals surface area contributed by atoms with E-state index in [4.69, 9.17) is 0 Å². The molecule has 0 bridgehead atoms. The van der Waals surface area contributed by atoms with Crippen LogP contribution in [-0.2, 0) is 4.79 Å². The van der Waals surface area contributed by atoms with Crippen molar-refractivity contribution >= 4 is 11.6 Å². The molecule has 104 valence electrons. The van der Waals surface area contributed by atoms with Crippen molar-refractivity contribution in [1.29, 1.82) is 0 Å². The van der Waals surface area contributed by atoms with Crippen molar-refractivity contribution in [2.45, 2.75) is 25.9 Å². The number of rotatable bonds is 3. The summed E-state index contributed by atoms with van der Waals surface area (Å²) < 4.78 is 0. The first-order valence-electron chi connectivity index (χ1n) is 6.86. The van der Waals surface area contributed by atoms with E-state index in [0.717, 1.165) is 31.5 Å². The number of hydrogen-bond acceptors (Lipinski definition) is 3. The average molecular weight is 262 g/mol. The molecular formula is C15H22N2O2. The Morgan fingerprint density at radius 1 is 1.32 bits per heavy atom. The fourth-order valence-corrected chi connectivity index (χ4v) is 2.57. The molecule has 1 atom stereocenters. The number of benzene rings is 1. The standard InChI is InChI=1S/C15H22N2O2/c1-11(18)12-3-5-14(6-4-12)17-9-7-13(8-10-17)15(19)16-2/h3-6,11,13,18H,7-10H2,1-2H3,(H,16,19)/t11-/m1/s1. The van der Waals surface area contributed by atoms with Crippen molar-refractivity contribution in [3.05, 3.63) is 29.8 Å². The van der Waals surface area contributed by atoms with E-state index in [1.807, 2.05) is 24.3 Å². The number of anilines is 1. The van der Waals surface area contributed by atoms with Crippen molar-refractivity contribution in [1.82, 2.24) is 5.32 Å². The summed E-state index contributed by atoms with van der Waals surface area (Å²) in [6.45, 7) is 3.59. The minimum atomic E-state index is -0.423. The smallest absolute Gasteiger partial charge is 0.222 e. The summed E-state index contributed by atoms with van der Waals surface area (Å²) in [5.74, 6) is 0.307. The summed E-state index contributed by atoms with van der Waals surface area (Å²) >= 11 is 0. The normalized spacial score (nSPS) is 18.2. The molecule has 1 fully saturated rings. The van der Waals surface area contributed by atoms with Crippen LogP contribution in [0, 0.1) is 5.92 Å². The Morgan fingerprint density at radius 3 is 2.37 bits per heavy atom. The van der Waals surface area contributed by atoms with Crippen molar-refractivity contribution in [2.24, 2.45) is 5.92 Å². The van der Waals surface area contributed by atoms with Crippen LogP contribution >= 0.6 is 0 Å². The third kappa shape index (κ3) is 3.26. The van der Waals surface area contributed by atoms with Crippen LogP contribution in [0.15, 0.2) is 24.3 Å². The van der Waals surface area contributed by atoms with Crippen LogP contribution in [0.1, 0.15) is 31.4 Å². The molecule has 4 heteroatoms. The van der Waals surface area contributed by atoms with Gasteiger partial charge in [0.15, 0.2) is 0 Å². The van der Waals surface area contributed by atoms with Gasteiger partial charge in [0.2, 0.25) is 5.91 Å². The highest BCUT2D eigenvalue weighted by atomic mass is 16.3. The molecule has 19 heavy (non-hydrogen) atoms. The highest BCUT2D eigenvalue weighted by molar-refractivity contribution is 5.78. The number of carbonyl (C=O) groups is 1. The summed E-state index contributed by atoms with van der Waals surface area (Å²) in [4.78, 5) is 13.9. The number of hydrogen-bond donors (Lipinski definition) is 2. The van der Waals surface area contributed by atoms with Gasteiger partial charge in [-0.3, -0.25) is 4.79 Å². The lowest BCUT2D eigenvalue weighted by molar-refractivity contribution is -0.125. The Labute approximate surface area is 114 Å².